The van der Waals surface area contributed by atoms with E-state index in [4.69, 9.17) is 4.74 Å². The van der Waals surface area contributed by atoms with E-state index >= 15 is 0 Å². The molecule has 0 heterocycles. The zero-order valence-electron chi connectivity index (χ0n) is 14.2. The number of nitrogens with zero attached hydrogens (tertiary/aromatic N) is 1. The largest absolute Gasteiger partial charge is 0.496 e. The van der Waals surface area contributed by atoms with Crippen molar-refractivity contribution in [2.45, 2.75) is 24.9 Å². The molecule has 4 heteroatoms. The molecule has 24 heavy (non-hydrogen) atoms. The Bertz CT molecular complexity index is 716. The molecule has 3 rings (SSSR count). The molecule has 0 unspecified atom stereocenters. The Morgan fingerprint density at radius 2 is 1.71 bits per heavy atom. The molecule has 1 N–H and O–H groups in total. The Morgan fingerprint density at radius 3 is 2.33 bits per heavy atom. The van der Waals surface area contributed by atoms with Gasteiger partial charge in [0.1, 0.15) is 5.75 Å². The molecule has 0 saturated carbocycles. The Balaban J connectivity index is 1.65. The smallest absolute Gasteiger partial charge is 0.254 e. The molecule has 0 aromatic heterocycles. The monoisotopic (exact) mass is 325 g/mol. The van der Waals surface area contributed by atoms with Gasteiger partial charge in [-0.2, -0.15) is 0 Å². The number of amides is 1. The zero-order chi connectivity index (χ0) is 17.2. The minimum Gasteiger partial charge on any atom is -0.496 e. The lowest BCUT2D eigenvalue weighted by molar-refractivity contribution is -0.148. The number of hydrogen-bond donors (Lipinski definition) is 1. The fourth-order valence-electron chi connectivity index (χ4n) is 3.40. The van der Waals surface area contributed by atoms with Crippen LogP contribution in [0.2, 0.25) is 0 Å². The van der Waals surface area contributed by atoms with E-state index in [0.717, 1.165) is 22.4 Å². The first-order valence-electron chi connectivity index (χ1n) is 8.20. The number of aliphatic hydroxyl groups is 1. The molecule has 0 spiro atoms. The summed E-state index contributed by atoms with van der Waals surface area (Å²) in [6.45, 7) is 0.540. The minimum atomic E-state index is -1.32. The maximum Gasteiger partial charge on any atom is 0.254 e. The van der Waals surface area contributed by atoms with Crippen LogP contribution >= 0.6 is 0 Å². The summed E-state index contributed by atoms with van der Waals surface area (Å²) in [5.74, 6) is 0.610. The lowest BCUT2D eigenvalue weighted by Crippen LogP contribution is -2.48. The number of carbonyl (C=O) groups is 1. The summed E-state index contributed by atoms with van der Waals surface area (Å²) in [6.07, 6.45) is 1.47. The van der Waals surface area contributed by atoms with Gasteiger partial charge in [-0.15, -0.1) is 0 Å². The summed E-state index contributed by atoms with van der Waals surface area (Å²) in [4.78, 5) is 14.4. The van der Waals surface area contributed by atoms with Gasteiger partial charge in [0.05, 0.1) is 7.11 Å². The molecule has 1 amide bonds. The van der Waals surface area contributed by atoms with Gasteiger partial charge in [-0.3, -0.25) is 4.79 Å². The van der Waals surface area contributed by atoms with Crippen LogP contribution < -0.4 is 4.74 Å². The Labute approximate surface area is 142 Å². The standard InChI is InChI=1S/C20H23NO3/c1-21(12-11-15-7-5-6-10-18(15)24-2)19(22)20(23)13-16-8-3-4-9-17(16)14-20/h3-10,23H,11-14H2,1-2H3. The van der Waals surface area contributed by atoms with Gasteiger partial charge in [0, 0.05) is 26.4 Å². The van der Waals surface area contributed by atoms with E-state index < -0.39 is 5.60 Å². The number of methoxy groups -OCH3 is 1. The highest BCUT2D eigenvalue weighted by atomic mass is 16.5. The number of benzene rings is 2. The van der Waals surface area contributed by atoms with Gasteiger partial charge >= 0.3 is 0 Å². The van der Waals surface area contributed by atoms with Crippen molar-refractivity contribution >= 4 is 5.91 Å². The van der Waals surface area contributed by atoms with E-state index in [1.165, 1.54) is 0 Å². The van der Waals surface area contributed by atoms with Gasteiger partial charge < -0.3 is 14.7 Å². The summed E-state index contributed by atoms with van der Waals surface area (Å²) in [6, 6.07) is 15.7. The molecule has 1 aliphatic rings. The first-order chi connectivity index (χ1) is 11.5. The summed E-state index contributed by atoms with van der Waals surface area (Å²) >= 11 is 0. The third-order valence-corrected chi connectivity index (χ3v) is 4.74. The molecule has 1 aliphatic carbocycles. The van der Waals surface area contributed by atoms with Crippen molar-refractivity contribution in [2.24, 2.45) is 0 Å². The molecular weight excluding hydrogens is 302 g/mol. The molecule has 2 aromatic rings. The average molecular weight is 325 g/mol. The highest BCUT2D eigenvalue weighted by Gasteiger charge is 2.43. The molecule has 0 fully saturated rings. The summed E-state index contributed by atoms with van der Waals surface area (Å²) < 4.78 is 5.35. The van der Waals surface area contributed by atoms with Crippen LogP contribution in [0, 0.1) is 0 Å². The number of hydrogen-bond acceptors (Lipinski definition) is 3. The van der Waals surface area contributed by atoms with Gasteiger partial charge in [-0.25, -0.2) is 0 Å². The predicted octanol–water partition coefficient (Wildman–Crippen LogP) is 2.23. The van der Waals surface area contributed by atoms with E-state index in [2.05, 4.69) is 0 Å². The SMILES string of the molecule is COc1ccccc1CCN(C)C(=O)C1(O)Cc2ccccc2C1. The second-order valence-electron chi connectivity index (χ2n) is 6.44. The lowest BCUT2D eigenvalue weighted by atomic mass is 9.98. The molecule has 0 bridgehead atoms. The van der Waals surface area contributed by atoms with Crippen LogP contribution in [0.4, 0.5) is 0 Å². The third kappa shape index (κ3) is 3.15. The molecule has 0 atom stereocenters. The van der Waals surface area contributed by atoms with E-state index in [-0.39, 0.29) is 5.91 Å². The number of likely N-dealkylation sites (N-methyl/N-ethyl adjacent to an activating group) is 1. The van der Waals surface area contributed by atoms with Gasteiger partial charge in [0.25, 0.3) is 5.91 Å². The Hall–Kier alpha value is -2.33. The van der Waals surface area contributed by atoms with Crippen LogP contribution in [-0.2, 0) is 24.1 Å². The van der Waals surface area contributed by atoms with Crippen molar-refractivity contribution in [1.82, 2.24) is 4.90 Å². The van der Waals surface area contributed by atoms with Crippen molar-refractivity contribution in [1.29, 1.82) is 0 Å². The van der Waals surface area contributed by atoms with E-state index in [0.29, 0.717) is 25.8 Å². The molecule has 0 saturated heterocycles. The maximum absolute atomic E-state index is 12.8. The highest BCUT2D eigenvalue weighted by molar-refractivity contribution is 5.86. The Morgan fingerprint density at radius 1 is 1.12 bits per heavy atom. The zero-order valence-corrected chi connectivity index (χ0v) is 14.2. The summed E-state index contributed by atoms with van der Waals surface area (Å²) in [5.41, 5.74) is 1.86. The number of ether oxygens (including phenoxy) is 1. The fourth-order valence-corrected chi connectivity index (χ4v) is 3.40. The molecule has 2 aromatic carbocycles. The molecular formula is C20H23NO3. The minimum absolute atomic E-state index is 0.214. The number of para-hydroxylation sites is 1. The van der Waals surface area contributed by atoms with Crippen LogP contribution in [0.1, 0.15) is 16.7 Å². The van der Waals surface area contributed by atoms with Gasteiger partial charge in [0.15, 0.2) is 5.60 Å². The molecule has 0 aliphatic heterocycles. The van der Waals surface area contributed by atoms with Gasteiger partial charge in [-0.1, -0.05) is 42.5 Å². The summed E-state index contributed by atoms with van der Waals surface area (Å²) in [5, 5.41) is 10.8. The van der Waals surface area contributed by atoms with Crippen LogP contribution in [-0.4, -0.2) is 42.2 Å². The van der Waals surface area contributed by atoms with E-state index in [1.807, 2.05) is 48.5 Å². The average Bonchev–Trinajstić information content (AvgIpc) is 2.96. The van der Waals surface area contributed by atoms with Crippen molar-refractivity contribution < 1.29 is 14.6 Å². The van der Waals surface area contributed by atoms with Crippen molar-refractivity contribution in [3.8, 4) is 5.75 Å². The highest BCUT2D eigenvalue weighted by Crippen LogP contribution is 2.31. The molecule has 4 nitrogen and oxygen atoms in total. The fraction of sp³-hybridized carbons (Fsp3) is 0.350. The van der Waals surface area contributed by atoms with Crippen molar-refractivity contribution in [3.63, 3.8) is 0 Å². The first-order valence-corrected chi connectivity index (χ1v) is 8.20. The van der Waals surface area contributed by atoms with Crippen LogP contribution in [0.15, 0.2) is 48.5 Å². The van der Waals surface area contributed by atoms with Crippen molar-refractivity contribution in [3.05, 3.63) is 65.2 Å². The quantitative estimate of drug-likeness (QED) is 0.917. The van der Waals surface area contributed by atoms with Crippen molar-refractivity contribution in [2.75, 3.05) is 20.7 Å². The normalized spacial score (nSPS) is 15.0. The topological polar surface area (TPSA) is 49.8 Å². The maximum atomic E-state index is 12.8. The molecule has 0 radical (unpaired) electrons. The number of rotatable bonds is 5. The first kappa shape index (κ1) is 16.5. The Kier molecular flexibility index (Phi) is 4.58. The van der Waals surface area contributed by atoms with E-state index in [1.54, 1.807) is 19.1 Å². The number of fused-ring (bicyclic) bond motifs is 1. The third-order valence-electron chi connectivity index (χ3n) is 4.74. The second kappa shape index (κ2) is 6.65. The second-order valence-corrected chi connectivity index (χ2v) is 6.44. The van der Waals surface area contributed by atoms with Gasteiger partial charge in [0.2, 0.25) is 0 Å². The summed E-state index contributed by atoms with van der Waals surface area (Å²) in [7, 11) is 3.39. The van der Waals surface area contributed by atoms with Crippen LogP contribution in [0.3, 0.4) is 0 Å². The number of carbonyl (C=O) groups excluding carboxylic acids is 1. The predicted molar refractivity (Wildman–Crippen MR) is 93.1 cm³/mol. The lowest BCUT2D eigenvalue weighted by Gasteiger charge is -2.28. The van der Waals surface area contributed by atoms with Crippen LogP contribution in [0.5, 0.6) is 5.75 Å². The van der Waals surface area contributed by atoms with Gasteiger partial charge in [-0.05, 0) is 29.2 Å². The molecule has 126 valence electrons. The van der Waals surface area contributed by atoms with E-state index in [9.17, 15) is 9.90 Å². The van der Waals surface area contributed by atoms with Crippen LogP contribution in [0.25, 0.3) is 0 Å².